The highest BCUT2D eigenvalue weighted by Gasteiger charge is 2.49. The van der Waals surface area contributed by atoms with Gasteiger partial charge in [-0.15, -0.1) is 0 Å². The van der Waals surface area contributed by atoms with Crippen LogP contribution < -0.4 is 11.4 Å². The second-order valence-corrected chi connectivity index (χ2v) is 5.00. The lowest BCUT2D eigenvalue weighted by molar-refractivity contribution is -0.0925. The first-order valence-electron chi connectivity index (χ1n) is 5.35. The number of nitrogen functional groups attached to an aromatic ring is 1. The van der Waals surface area contributed by atoms with Crippen molar-refractivity contribution in [2.24, 2.45) is 0 Å². The molecule has 2 heterocycles. The van der Waals surface area contributed by atoms with Gasteiger partial charge in [-0.2, -0.15) is 10.2 Å². The van der Waals surface area contributed by atoms with Gasteiger partial charge in [0.25, 0.3) is 0 Å². The number of ether oxygens (including phenoxy) is 1. The van der Waals surface area contributed by atoms with E-state index in [4.69, 9.17) is 15.7 Å². The first-order valence-corrected chi connectivity index (χ1v) is 6.15. The van der Waals surface area contributed by atoms with Crippen molar-refractivity contribution in [2.45, 2.75) is 24.4 Å². The Kier molecular flexibility index (Phi) is 3.60. The van der Waals surface area contributed by atoms with Crippen molar-refractivity contribution in [3.63, 3.8) is 0 Å². The lowest BCUT2D eigenvalue weighted by Crippen LogP contribution is -2.41. The van der Waals surface area contributed by atoms with E-state index in [0.717, 1.165) is 4.57 Å². The van der Waals surface area contributed by atoms with Gasteiger partial charge in [0.15, 0.2) is 0 Å². The maximum absolute atomic E-state index is 11.7. The average Bonchev–Trinajstić information content (AvgIpc) is 2.71. The molecule has 0 saturated carbocycles. The van der Waals surface area contributed by atoms with E-state index in [1.807, 2.05) is 0 Å². The first-order chi connectivity index (χ1) is 8.93. The van der Waals surface area contributed by atoms with E-state index in [2.05, 4.69) is 20.9 Å². The molecular weight excluding hydrogens is 320 g/mol. The van der Waals surface area contributed by atoms with Crippen molar-refractivity contribution in [3.05, 3.63) is 21.2 Å². The summed E-state index contributed by atoms with van der Waals surface area (Å²) in [4.78, 5) is 15.3. The summed E-state index contributed by atoms with van der Waals surface area (Å²) in [7, 11) is 0. The van der Waals surface area contributed by atoms with E-state index in [-0.39, 0.29) is 12.2 Å². The highest BCUT2D eigenvalue weighted by molar-refractivity contribution is 9.10. The minimum Gasteiger partial charge on any atom is -0.392 e. The maximum Gasteiger partial charge on any atom is 0.351 e. The topological polar surface area (TPSA) is 134 Å². The Morgan fingerprint density at radius 3 is 3.00 bits per heavy atom. The Hall–Kier alpha value is -1.47. The zero-order valence-electron chi connectivity index (χ0n) is 9.65. The smallest absolute Gasteiger partial charge is 0.351 e. The number of aliphatic hydroxyl groups is 2. The number of nitrogens with two attached hydrogens (primary N) is 1. The standard InChI is InChI=1S/C10H11BrN4O4/c11-5-2-15(9(18)14-8(5)13)7-1-6(17)10(3-12,4-16)19-7/h2,6-7,16-17H,1,4H2,(H2,13,14,18). The molecule has 1 aliphatic rings. The minimum absolute atomic E-state index is 0.00787. The fourth-order valence-corrected chi connectivity index (χ4v) is 2.17. The second kappa shape index (κ2) is 4.90. The van der Waals surface area contributed by atoms with Gasteiger partial charge in [0.05, 0.1) is 11.1 Å². The summed E-state index contributed by atoms with van der Waals surface area (Å²) < 4.78 is 6.82. The van der Waals surface area contributed by atoms with E-state index in [1.54, 1.807) is 6.07 Å². The van der Waals surface area contributed by atoms with Crippen LogP contribution >= 0.6 is 15.9 Å². The highest BCUT2D eigenvalue weighted by atomic mass is 79.9. The second-order valence-electron chi connectivity index (χ2n) is 4.15. The monoisotopic (exact) mass is 330 g/mol. The lowest BCUT2D eigenvalue weighted by atomic mass is 10.00. The van der Waals surface area contributed by atoms with E-state index >= 15 is 0 Å². The van der Waals surface area contributed by atoms with Crippen molar-refractivity contribution in [1.82, 2.24) is 9.55 Å². The van der Waals surface area contributed by atoms with E-state index in [0.29, 0.717) is 4.47 Å². The number of aromatic nitrogens is 2. The number of hydrogen-bond acceptors (Lipinski definition) is 7. The van der Waals surface area contributed by atoms with Crippen molar-refractivity contribution in [1.29, 1.82) is 5.26 Å². The molecule has 1 aromatic rings. The Labute approximate surface area is 116 Å². The van der Waals surface area contributed by atoms with E-state index < -0.39 is 30.2 Å². The number of anilines is 1. The lowest BCUT2D eigenvalue weighted by Gasteiger charge is -2.21. The first kappa shape index (κ1) is 14.0. The van der Waals surface area contributed by atoms with E-state index in [1.165, 1.54) is 6.20 Å². The molecule has 2 rings (SSSR count). The molecule has 19 heavy (non-hydrogen) atoms. The molecule has 0 aliphatic carbocycles. The van der Waals surface area contributed by atoms with Gasteiger partial charge in [-0.1, -0.05) is 0 Å². The summed E-state index contributed by atoms with van der Waals surface area (Å²) in [6.07, 6.45) is -0.728. The van der Waals surface area contributed by atoms with Crippen LogP contribution in [0.4, 0.5) is 5.82 Å². The molecule has 0 spiro atoms. The molecule has 1 saturated heterocycles. The number of aliphatic hydroxyl groups excluding tert-OH is 2. The molecule has 9 heteroatoms. The number of hydrogen-bond donors (Lipinski definition) is 3. The number of rotatable bonds is 2. The van der Waals surface area contributed by atoms with Crippen LogP contribution in [0.3, 0.4) is 0 Å². The third-order valence-corrected chi connectivity index (χ3v) is 3.59. The number of halogens is 1. The van der Waals surface area contributed by atoms with Gasteiger partial charge in [-0.05, 0) is 15.9 Å². The molecule has 1 fully saturated rings. The summed E-state index contributed by atoms with van der Waals surface area (Å²) in [6, 6.07) is 1.73. The Morgan fingerprint density at radius 2 is 2.47 bits per heavy atom. The number of nitrogens with zero attached hydrogens (tertiary/aromatic N) is 3. The molecule has 102 valence electrons. The van der Waals surface area contributed by atoms with Crippen LogP contribution in [0, 0.1) is 11.3 Å². The zero-order valence-corrected chi connectivity index (χ0v) is 11.2. The fraction of sp³-hybridized carbons (Fsp3) is 0.500. The summed E-state index contributed by atoms with van der Waals surface area (Å²) in [6.45, 7) is -0.667. The molecule has 4 N–H and O–H groups in total. The van der Waals surface area contributed by atoms with Crippen LogP contribution in [-0.4, -0.2) is 38.1 Å². The van der Waals surface area contributed by atoms with Gasteiger partial charge >= 0.3 is 5.69 Å². The Balaban J connectivity index is 2.39. The molecule has 0 radical (unpaired) electrons. The summed E-state index contributed by atoms with van der Waals surface area (Å²) >= 11 is 3.13. The molecular formula is C10H11BrN4O4. The zero-order chi connectivity index (χ0) is 14.2. The molecule has 1 aliphatic heterocycles. The molecule has 3 unspecified atom stereocenters. The van der Waals surface area contributed by atoms with Gasteiger partial charge in [0.1, 0.15) is 24.2 Å². The van der Waals surface area contributed by atoms with Gasteiger partial charge in [-0.25, -0.2) is 4.79 Å². The van der Waals surface area contributed by atoms with Crippen LogP contribution in [0.2, 0.25) is 0 Å². The summed E-state index contributed by atoms with van der Waals surface area (Å²) in [5.74, 6) is 0.0356. The van der Waals surface area contributed by atoms with Gasteiger partial charge in [-0.3, -0.25) is 4.57 Å². The van der Waals surface area contributed by atoms with Gasteiger partial charge in [0, 0.05) is 12.6 Å². The van der Waals surface area contributed by atoms with Gasteiger partial charge < -0.3 is 20.7 Å². The third kappa shape index (κ3) is 2.23. The number of nitriles is 1. The third-order valence-electron chi connectivity index (χ3n) is 2.98. The van der Waals surface area contributed by atoms with Crippen molar-refractivity contribution in [2.75, 3.05) is 12.3 Å². The van der Waals surface area contributed by atoms with Crippen LogP contribution in [-0.2, 0) is 4.74 Å². The van der Waals surface area contributed by atoms with Crippen molar-refractivity contribution < 1.29 is 14.9 Å². The molecule has 1 aromatic heterocycles. The molecule has 0 amide bonds. The minimum atomic E-state index is -1.72. The van der Waals surface area contributed by atoms with Crippen molar-refractivity contribution >= 4 is 21.7 Å². The fourth-order valence-electron chi connectivity index (χ4n) is 1.86. The SMILES string of the molecule is N#CC1(CO)OC(n2cc(Br)c(N)nc2=O)CC1O. The normalized spacial score (nSPS) is 30.2. The van der Waals surface area contributed by atoms with Crippen LogP contribution in [0.25, 0.3) is 0 Å². The Bertz CT molecular complexity index is 598. The molecule has 8 nitrogen and oxygen atoms in total. The molecule has 0 aromatic carbocycles. The maximum atomic E-state index is 11.7. The van der Waals surface area contributed by atoms with Crippen LogP contribution in [0.15, 0.2) is 15.5 Å². The highest BCUT2D eigenvalue weighted by Crippen LogP contribution is 2.35. The van der Waals surface area contributed by atoms with E-state index in [9.17, 15) is 15.0 Å². The van der Waals surface area contributed by atoms with Crippen molar-refractivity contribution in [3.8, 4) is 6.07 Å². The predicted octanol–water partition coefficient (Wildman–Crippen LogP) is -0.878. The quantitative estimate of drug-likeness (QED) is 0.641. The van der Waals surface area contributed by atoms with Gasteiger partial charge in [0.2, 0.25) is 5.60 Å². The largest absolute Gasteiger partial charge is 0.392 e. The summed E-state index contributed by atoms with van der Waals surface area (Å²) in [5, 5.41) is 28.0. The molecule has 0 bridgehead atoms. The van der Waals surface area contributed by atoms with Crippen LogP contribution in [0.1, 0.15) is 12.6 Å². The molecule has 3 atom stereocenters. The summed E-state index contributed by atoms with van der Waals surface area (Å²) in [5.41, 5.74) is 3.08. The average molecular weight is 331 g/mol. The van der Waals surface area contributed by atoms with Crippen LogP contribution in [0.5, 0.6) is 0 Å². The predicted molar refractivity (Wildman–Crippen MR) is 66.8 cm³/mol. The Morgan fingerprint density at radius 1 is 1.79 bits per heavy atom.